The van der Waals surface area contributed by atoms with E-state index in [9.17, 15) is 4.79 Å². The Kier molecular flexibility index (Phi) is 5.84. The SMILES string of the molecule is O=C(CCc1ccc(Cl)cc1Cl)NC1CC2(CCCCC2)Oc2ccccc21. The summed E-state index contributed by atoms with van der Waals surface area (Å²) in [6.07, 6.45) is 7.62. The van der Waals surface area contributed by atoms with Crippen LogP contribution >= 0.6 is 23.2 Å². The van der Waals surface area contributed by atoms with Crippen LogP contribution in [0.5, 0.6) is 5.75 Å². The first-order chi connectivity index (χ1) is 13.5. The van der Waals surface area contributed by atoms with Crippen LogP contribution in [0.15, 0.2) is 42.5 Å². The first kappa shape index (κ1) is 19.6. The number of amides is 1. The highest BCUT2D eigenvalue weighted by Gasteiger charge is 2.42. The van der Waals surface area contributed by atoms with Gasteiger partial charge in [-0.25, -0.2) is 0 Å². The molecule has 1 N–H and O–H groups in total. The topological polar surface area (TPSA) is 38.3 Å². The third kappa shape index (κ3) is 4.31. The Bertz CT molecular complexity index is 861. The van der Waals surface area contributed by atoms with Crippen LogP contribution in [0.4, 0.5) is 0 Å². The minimum atomic E-state index is -0.135. The summed E-state index contributed by atoms with van der Waals surface area (Å²) in [6, 6.07) is 13.5. The summed E-state index contributed by atoms with van der Waals surface area (Å²) < 4.78 is 6.45. The third-order valence-electron chi connectivity index (χ3n) is 5.93. The zero-order valence-electron chi connectivity index (χ0n) is 15.8. The van der Waals surface area contributed by atoms with E-state index in [0.717, 1.165) is 36.1 Å². The van der Waals surface area contributed by atoms with Crippen molar-refractivity contribution in [2.45, 2.75) is 63.0 Å². The molecule has 2 aromatic carbocycles. The molecule has 0 saturated heterocycles. The standard InChI is InChI=1S/C23H25Cl2NO2/c24-17-10-8-16(19(25)14-17)9-11-22(27)26-20-15-23(12-4-1-5-13-23)28-21-7-3-2-6-18(20)21/h2-3,6-8,10,14,20H,1,4-5,9,11-13,15H2,(H,26,27). The van der Waals surface area contributed by atoms with Crippen molar-refractivity contribution in [2.75, 3.05) is 0 Å². The van der Waals surface area contributed by atoms with Gasteiger partial charge in [-0.05, 0) is 55.9 Å². The molecule has 2 aliphatic rings. The van der Waals surface area contributed by atoms with Crippen molar-refractivity contribution in [1.82, 2.24) is 5.32 Å². The van der Waals surface area contributed by atoms with Crippen LogP contribution in [0.2, 0.25) is 10.0 Å². The average molecular weight is 418 g/mol. The van der Waals surface area contributed by atoms with Gasteiger partial charge >= 0.3 is 0 Å². The van der Waals surface area contributed by atoms with Crippen molar-refractivity contribution < 1.29 is 9.53 Å². The van der Waals surface area contributed by atoms with E-state index >= 15 is 0 Å². The van der Waals surface area contributed by atoms with Crippen LogP contribution in [0, 0.1) is 0 Å². The van der Waals surface area contributed by atoms with Crippen LogP contribution in [-0.4, -0.2) is 11.5 Å². The van der Waals surface area contributed by atoms with E-state index in [-0.39, 0.29) is 17.6 Å². The lowest BCUT2D eigenvalue weighted by Gasteiger charge is -2.44. The van der Waals surface area contributed by atoms with E-state index in [0.29, 0.717) is 22.9 Å². The van der Waals surface area contributed by atoms with Gasteiger partial charge in [0.2, 0.25) is 5.91 Å². The molecule has 1 heterocycles. The van der Waals surface area contributed by atoms with Crippen molar-refractivity contribution in [3.63, 3.8) is 0 Å². The Balaban J connectivity index is 1.45. The molecule has 1 unspecified atom stereocenters. The van der Waals surface area contributed by atoms with Crippen molar-refractivity contribution in [3.05, 3.63) is 63.6 Å². The number of benzene rings is 2. The van der Waals surface area contributed by atoms with Crippen molar-refractivity contribution in [3.8, 4) is 5.75 Å². The lowest BCUT2D eigenvalue weighted by atomic mass is 9.77. The summed E-state index contributed by atoms with van der Waals surface area (Å²) in [6.45, 7) is 0. The molecule has 1 spiro atoms. The monoisotopic (exact) mass is 417 g/mol. The molecule has 148 valence electrons. The zero-order valence-corrected chi connectivity index (χ0v) is 17.4. The van der Waals surface area contributed by atoms with Gasteiger partial charge in [-0.2, -0.15) is 0 Å². The number of rotatable bonds is 4. The van der Waals surface area contributed by atoms with E-state index in [4.69, 9.17) is 27.9 Å². The number of nitrogens with one attached hydrogen (secondary N) is 1. The van der Waals surface area contributed by atoms with Gasteiger partial charge in [0.1, 0.15) is 11.4 Å². The molecule has 1 aliphatic heterocycles. The van der Waals surface area contributed by atoms with Crippen LogP contribution < -0.4 is 10.1 Å². The molecule has 1 saturated carbocycles. The number of ether oxygens (including phenoxy) is 1. The number of hydrogen-bond acceptors (Lipinski definition) is 2. The molecule has 0 aromatic heterocycles. The molecule has 4 rings (SSSR count). The Hall–Kier alpha value is -1.71. The predicted octanol–water partition coefficient (Wildman–Crippen LogP) is 6.27. The number of para-hydroxylation sites is 1. The molecular weight excluding hydrogens is 393 g/mol. The second kappa shape index (κ2) is 8.34. The van der Waals surface area contributed by atoms with Gasteiger partial charge in [0.25, 0.3) is 0 Å². The Labute approximate surface area is 176 Å². The zero-order chi connectivity index (χ0) is 19.6. The van der Waals surface area contributed by atoms with E-state index in [1.54, 1.807) is 6.07 Å². The summed E-state index contributed by atoms with van der Waals surface area (Å²) in [5, 5.41) is 4.48. The third-order valence-corrected chi connectivity index (χ3v) is 6.52. The number of halogens is 2. The highest BCUT2D eigenvalue weighted by molar-refractivity contribution is 6.35. The number of hydrogen-bond donors (Lipinski definition) is 1. The van der Waals surface area contributed by atoms with E-state index in [1.165, 1.54) is 19.3 Å². The van der Waals surface area contributed by atoms with Crippen molar-refractivity contribution in [1.29, 1.82) is 0 Å². The summed E-state index contributed by atoms with van der Waals surface area (Å²) in [4.78, 5) is 12.7. The summed E-state index contributed by atoms with van der Waals surface area (Å²) in [7, 11) is 0. The maximum absolute atomic E-state index is 12.7. The number of aryl methyl sites for hydroxylation is 1. The molecule has 0 radical (unpaired) electrons. The second-order valence-electron chi connectivity index (χ2n) is 7.94. The minimum absolute atomic E-state index is 0.00348. The molecule has 3 nitrogen and oxygen atoms in total. The molecule has 0 bridgehead atoms. The normalized spacial score (nSPS) is 20.3. The maximum Gasteiger partial charge on any atom is 0.220 e. The second-order valence-corrected chi connectivity index (χ2v) is 8.79. The fraction of sp³-hybridized carbons (Fsp3) is 0.435. The lowest BCUT2D eigenvalue weighted by Crippen LogP contribution is -2.46. The summed E-state index contributed by atoms with van der Waals surface area (Å²) in [5.74, 6) is 0.959. The largest absolute Gasteiger partial charge is 0.487 e. The van der Waals surface area contributed by atoms with Crippen LogP contribution in [0.25, 0.3) is 0 Å². The fourth-order valence-electron chi connectivity index (χ4n) is 4.49. The van der Waals surface area contributed by atoms with Crippen molar-refractivity contribution >= 4 is 29.1 Å². The van der Waals surface area contributed by atoms with Crippen LogP contribution in [-0.2, 0) is 11.2 Å². The smallest absolute Gasteiger partial charge is 0.220 e. The van der Waals surface area contributed by atoms with E-state index in [1.807, 2.05) is 30.3 Å². The number of carbonyl (C=O) groups excluding carboxylic acids is 1. The Morgan fingerprint density at radius 1 is 1.11 bits per heavy atom. The molecule has 1 amide bonds. The van der Waals surface area contributed by atoms with Crippen molar-refractivity contribution in [2.24, 2.45) is 0 Å². The summed E-state index contributed by atoms with van der Waals surface area (Å²) in [5.41, 5.74) is 1.89. The summed E-state index contributed by atoms with van der Waals surface area (Å²) >= 11 is 12.2. The number of carbonyl (C=O) groups is 1. The molecule has 5 heteroatoms. The van der Waals surface area contributed by atoms with Gasteiger partial charge in [0.15, 0.2) is 0 Å². The first-order valence-electron chi connectivity index (χ1n) is 10.1. The van der Waals surface area contributed by atoms with Gasteiger partial charge in [-0.15, -0.1) is 0 Å². The van der Waals surface area contributed by atoms with Gasteiger partial charge in [-0.3, -0.25) is 4.79 Å². The van der Waals surface area contributed by atoms with E-state index < -0.39 is 0 Å². The van der Waals surface area contributed by atoms with Gasteiger partial charge in [0, 0.05) is 28.5 Å². The van der Waals surface area contributed by atoms with Crippen LogP contribution in [0.3, 0.4) is 0 Å². The molecular formula is C23H25Cl2NO2. The highest BCUT2D eigenvalue weighted by Crippen LogP contribution is 2.46. The lowest BCUT2D eigenvalue weighted by molar-refractivity contribution is -0.122. The van der Waals surface area contributed by atoms with Gasteiger partial charge in [0.05, 0.1) is 6.04 Å². The molecule has 2 aromatic rings. The fourth-order valence-corrected chi connectivity index (χ4v) is 4.99. The van der Waals surface area contributed by atoms with Gasteiger partial charge < -0.3 is 10.1 Å². The average Bonchev–Trinajstić information content (AvgIpc) is 2.68. The van der Waals surface area contributed by atoms with Gasteiger partial charge in [-0.1, -0.05) is 53.9 Å². The van der Waals surface area contributed by atoms with Crippen LogP contribution in [0.1, 0.15) is 62.1 Å². The van der Waals surface area contributed by atoms with E-state index in [2.05, 4.69) is 11.4 Å². The first-order valence-corrected chi connectivity index (χ1v) is 10.8. The Morgan fingerprint density at radius 2 is 1.89 bits per heavy atom. The maximum atomic E-state index is 12.7. The minimum Gasteiger partial charge on any atom is -0.487 e. The number of fused-ring (bicyclic) bond motifs is 1. The molecule has 28 heavy (non-hydrogen) atoms. The molecule has 1 fully saturated rings. The molecule has 1 aliphatic carbocycles. The molecule has 1 atom stereocenters. The quantitative estimate of drug-likeness (QED) is 0.636. The Morgan fingerprint density at radius 3 is 2.68 bits per heavy atom. The predicted molar refractivity (Wildman–Crippen MR) is 113 cm³/mol. The highest BCUT2D eigenvalue weighted by atomic mass is 35.5.